The van der Waals surface area contributed by atoms with Gasteiger partial charge in [0, 0.05) is 11.9 Å². The highest BCUT2D eigenvalue weighted by atomic mass is 79.9. The van der Waals surface area contributed by atoms with Crippen molar-refractivity contribution in [2.24, 2.45) is 0 Å². The molecule has 0 saturated carbocycles. The number of thiophene rings is 1. The molecule has 0 atom stereocenters. The van der Waals surface area contributed by atoms with Crippen LogP contribution in [0, 0.1) is 10.1 Å². The summed E-state index contributed by atoms with van der Waals surface area (Å²) in [4.78, 5) is 23.3. The number of carbonyl (C=O) groups is 1. The van der Waals surface area contributed by atoms with E-state index >= 15 is 0 Å². The van der Waals surface area contributed by atoms with Gasteiger partial charge in [0.1, 0.15) is 0 Å². The van der Waals surface area contributed by atoms with Crippen molar-refractivity contribution in [1.29, 1.82) is 0 Å². The highest BCUT2D eigenvalue weighted by molar-refractivity contribution is 9.10. The number of halogens is 1. The van der Waals surface area contributed by atoms with Crippen molar-refractivity contribution < 1.29 is 9.72 Å². The molecule has 0 bridgehead atoms. The lowest BCUT2D eigenvalue weighted by Crippen LogP contribution is -2.10. The molecule has 0 unspecified atom stereocenters. The lowest BCUT2D eigenvalue weighted by Gasteiger charge is -2.06. The Labute approximate surface area is 183 Å². The molecule has 3 aromatic heterocycles. The van der Waals surface area contributed by atoms with Crippen LogP contribution < -0.4 is 5.32 Å². The van der Waals surface area contributed by atoms with Crippen LogP contribution in [0.4, 0.5) is 11.5 Å². The van der Waals surface area contributed by atoms with Gasteiger partial charge in [-0.25, -0.2) is 0 Å². The van der Waals surface area contributed by atoms with Gasteiger partial charge in [0.05, 0.1) is 46.0 Å². The number of rotatable bonds is 7. The first-order valence-electron chi connectivity index (χ1n) is 8.80. The van der Waals surface area contributed by atoms with E-state index < -0.39 is 4.92 Å². The van der Waals surface area contributed by atoms with Crippen molar-refractivity contribution in [2.75, 3.05) is 5.32 Å². The summed E-state index contributed by atoms with van der Waals surface area (Å²) in [6.07, 6.45) is 5.17. The number of amides is 1. The fourth-order valence-corrected chi connectivity index (χ4v) is 3.93. The number of aromatic nitrogens is 4. The zero-order chi connectivity index (χ0) is 21.1. The van der Waals surface area contributed by atoms with Gasteiger partial charge in [-0.3, -0.25) is 9.48 Å². The Balaban J connectivity index is 1.36. The molecule has 9 nitrogen and oxygen atoms in total. The van der Waals surface area contributed by atoms with E-state index in [1.54, 1.807) is 18.5 Å². The number of benzene rings is 1. The molecule has 1 amide bonds. The number of nitrogens with one attached hydrogen (secondary N) is 1. The molecule has 1 aromatic carbocycles. The number of hydrogen-bond acceptors (Lipinski definition) is 6. The summed E-state index contributed by atoms with van der Waals surface area (Å²) in [7, 11) is 0. The number of anilines is 1. The third kappa shape index (κ3) is 4.81. The number of carbonyl (C=O) groups excluding carboxylic acids is 1. The normalized spacial score (nSPS) is 10.8. The Morgan fingerprint density at radius 2 is 1.93 bits per heavy atom. The van der Waals surface area contributed by atoms with Crippen LogP contribution in [0.3, 0.4) is 0 Å². The van der Waals surface area contributed by atoms with Gasteiger partial charge in [-0.2, -0.15) is 9.78 Å². The summed E-state index contributed by atoms with van der Waals surface area (Å²) in [5.74, 6) is -0.409. The van der Waals surface area contributed by atoms with Crippen LogP contribution in [-0.4, -0.2) is 30.4 Å². The van der Waals surface area contributed by atoms with E-state index in [4.69, 9.17) is 0 Å². The fraction of sp³-hybridized carbons (Fsp3) is 0.105. The van der Waals surface area contributed by atoms with Gasteiger partial charge in [-0.05, 0) is 55.6 Å². The van der Waals surface area contributed by atoms with Crippen molar-refractivity contribution in [3.63, 3.8) is 0 Å². The third-order valence-corrected chi connectivity index (χ3v) is 5.58. The standard InChI is InChI=1S/C19H15BrN6O3S/c20-15-8-21-25(11-15)9-13-1-3-16(4-2-13)22-19(27)17-7-14(12-30-17)10-24-6-5-18(23-24)26(28)29/h1-8,11-12H,9-10H2,(H,22,27). The second-order valence-electron chi connectivity index (χ2n) is 6.46. The Morgan fingerprint density at radius 3 is 2.60 bits per heavy atom. The van der Waals surface area contributed by atoms with Crippen LogP contribution in [0.5, 0.6) is 0 Å². The predicted molar refractivity (Wildman–Crippen MR) is 116 cm³/mol. The molecule has 0 aliphatic rings. The van der Waals surface area contributed by atoms with E-state index in [-0.39, 0.29) is 11.7 Å². The van der Waals surface area contributed by atoms with Crippen molar-refractivity contribution >= 4 is 44.7 Å². The van der Waals surface area contributed by atoms with Crippen LogP contribution >= 0.6 is 27.3 Å². The van der Waals surface area contributed by atoms with E-state index in [0.29, 0.717) is 23.7 Å². The molecule has 4 aromatic rings. The predicted octanol–water partition coefficient (Wildman–Crippen LogP) is 4.16. The first-order valence-corrected chi connectivity index (χ1v) is 10.5. The Kier molecular flexibility index (Phi) is 5.72. The van der Waals surface area contributed by atoms with Gasteiger partial charge in [0.25, 0.3) is 5.91 Å². The summed E-state index contributed by atoms with van der Waals surface area (Å²) in [5, 5.41) is 23.5. The first kappa shape index (κ1) is 20.0. The molecule has 0 saturated heterocycles. The van der Waals surface area contributed by atoms with Crippen LogP contribution in [-0.2, 0) is 13.1 Å². The van der Waals surface area contributed by atoms with Gasteiger partial charge in [0.2, 0.25) is 0 Å². The smallest absolute Gasteiger partial charge is 0.358 e. The zero-order valence-corrected chi connectivity index (χ0v) is 17.8. The largest absolute Gasteiger partial charge is 0.389 e. The number of nitrogens with zero attached hydrogens (tertiary/aromatic N) is 5. The minimum Gasteiger partial charge on any atom is -0.358 e. The van der Waals surface area contributed by atoms with Gasteiger partial charge >= 0.3 is 5.82 Å². The molecule has 30 heavy (non-hydrogen) atoms. The van der Waals surface area contributed by atoms with Gasteiger partial charge < -0.3 is 15.4 Å². The maximum Gasteiger partial charge on any atom is 0.389 e. The van der Waals surface area contributed by atoms with E-state index in [9.17, 15) is 14.9 Å². The van der Waals surface area contributed by atoms with E-state index in [2.05, 4.69) is 31.4 Å². The van der Waals surface area contributed by atoms with Crippen molar-refractivity contribution in [2.45, 2.75) is 13.1 Å². The maximum absolute atomic E-state index is 12.5. The van der Waals surface area contributed by atoms with Crippen LogP contribution in [0.2, 0.25) is 0 Å². The highest BCUT2D eigenvalue weighted by Gasteiger charge is 2.14. The van der Waals surface area contributed by atoms with E-state index in [1.807, 2.05) is 40.5 Å². The molecular weight excluding hydrogens is 472 g/mol. The summed E-state index contributed by atoms with van der Waals surface area (Å²) in [5.41, 5.74) is 2.61. The summed E-state index contributed by atoms with van der Waals surface area (Å²) in [6.45, 7) is 0.996. The third-order valence-electron chi connectivity index (χ3n) is 4.19. The number of hydrogen-bond donors (Lipinski definition) is 1. The van der Waals surface area contributed by atoms with Crippen LogP contribution in [0.25, 0.3) is 0 Å². The molecular formula is C19H15BrN6O3S. The quantitative estimate of drug-likeness (QED) is 0.311. The van der Waals surface area contributed by atoms with Crippen molar-refractivity contribution in [3.8, 4) is 0 Å². The molecule has 0 aliphatic carbocycles. The van der Waals surface area contributed by atoms with Gasteiger partial charge in [-0.15, -0.1) is 11.3 Å². The minimum atomic E-state index is -0.539. The van der Waals surface area contributed by atoms with Crippen molar-refractivity contribution in [1.82, 2.24) is 19.6 Å². The molecule has 0 fully saturated rings. The summed E-state index contributed by atoms with van der Waals surface area (Å²) in [6, 6.07) is 10.7. The Morgan fingerprint density at radius 1 is 1.17 bits per heavy atom. The van der Waals surface area contributed by atoms with Gasteiger partial charge in [0.15, 0.2) is 0 Å². The average Bonchev–Trinajstić information content (AvgIpc) is 3.45. The zero-order valence-electron chi connectivity index (χ0n) is 15.4. The number of nitro groups is 1. The first-order chi connectivity index (χ1) is 14.5. The van der Waals surface area contributed by atoms with Crippen LogP contribution in [0.1, 0.15) is 20.8 Å². The fourth-order valence-electron chi connectivity index (χ4n) is 2.80. The lowest BCUT2D eigenvalue weighted by molar-refractivity contribution is -0.389. The highest BCUT2D eigenvalue weighted by Crippen LogP contribution is 2.19. The molecule has 4 rings (SSSR count). The average molecular weight is 487 g/mol. The molecule has 0 aliphatic heterocycles. The molecule has 0 radical (unpaired) electrons. The Hall–Kier alpha value is -3.31. The van der Waals surface area contributed by atoms with Crippen LogP contribution in [0.15, 0.2) is 64.8 Å². The monoisotopic (exact) mass is 486 g/mol. The molecule has 0 spiro atoms. The second-order valence-corrected chi connectivity index (χ2v) is 8.28. The summed E-state index contributed by atoms with van der Waals surface area (Å²) < 4.78 is 4.21. The summed E-state index contributed by atoms with van der Waals surface area (Å²) >= 11 is 4.69. The minimum absolute atomic E-state index is 0.202. The van der Waals surface area contributed by atoms with E-state index in [1.165, 1.54) is 22.1 Å². The molecule has 152 valence electrons. The topological polar surface area (TPSA) is 108 Å². The van der Waals surface area contributed by atoms with E-state index in [0.717, 1.165) is 15.6 Å². The molecule has 3 heterocycles. The molecule has 1 N–H and O–H groups in total. The second kappa shape index (κ2) is 8.59. The maximum atomic E-state index is 12.5. The molecule has 11 heteroatoms. The SMILES string of the molecule is O=C(Nc1ccc(Cn2cc(Br)cn2)cc1)c1cc(Cn2ccc([N+](=O)[O-])n2)cs1. The lowest BCUT2D eigenvalue weighted by atomic mass is 10.2. The Bertz CT molecular complexity index is 1200. The van der Waals surface area contributed by atoms with Crippen molar-refractivity contribution in [3.05, 3.63) is 91.0 Å². The van der Waals surface area contributed by atoms with Gasteiger partial charge in [-0.1, -0.05) is 12.1 Å².